The van der Waals surface area contributed by atoms with Gasteiger partial charge in [0.1, 0.15) is 24.3 Å². The van der Waals surface area contributed by atoms with Crippen LogP contribution in [0, 0.1) is 5.82 Å². The minimum Gasteiger partial charge on any atom is -0.493 e. The Balaban J connectivity index is 0.927. The van der Waals surface area contributed by atoms with Gasteiger partial charge >= 0.3 is 0 Å². The van der Waals surface area contributed by atoms with E-state index in [2.05, 4.69) is 20.6 Å². The molecular weight excluding hydrogens is 762 g/mol. The van der Waals surface area contributed by atoms with Crippen molar-refractivity contribution < 1.29 is 37.8 Å². The summed E-state index contributed by atoms with van der Waals surface area (Å²) in [5.41, 5.74) is 1.10. The van der Waals surface area contributed by atoms with Gasteiger partial charge in [0.2, 0.25) is 17.7 Å². The molecule has 0 bridgehead atoms. The lowest BCUT2D eigenvalue weighted by Crippen LogP contribution is -2.54. The van der Waals surface area contributed by atoms with Gasteiger partial charge in [-0.1, -0.05) is 29.3 Å². The molecule has 2 fully saturated rings. The van der Waals surface area contributed by atoms with E-state index in [9.17, 15) is 28.4 Å². The van der Waals surface area contributed by atoms with E-state index in [1.165, 1.54) is 37.3 Å². The molecule has 0 saturated carbocycles. The summed E-state index contributed by atoms with van der Waals surface area (Å²) in [5.74, 6) is -1.14. The summed E-state index contributed by atoms with van der Waals surface area (Å²) >= 11 is 13.3. The van der Waals surface area contributed by atoms with E-state index in [-0.39, 0.29) is 51.7 Å². The van der Waals surface area contributed by atoms with Crippen LogP contribution in [-0.2, 0) is 14.4 Å². The van der Waals surface area contributed by atoms with Crippen LogP contribution < -0.4 is 20.1 Å². The molecule has 2 N–H and O–H groups in total. The van der Waals surface area contributed by atoms with E-state index in [4.69, 9.17) is 32.7 Å². The van der Waals surface area contributed by atoms with Gasteiger partial charge in [0.15, 0.2) is 17.3 Å². The monoisotopic (exact) mass is 794 g/mol. The molecule has 54 heavy (non-hydrogen) atoms. The molecule has 280 valence electrons. The number of rotatable bonds is 11. The number of piperidine rings is 2. The summed E-state index contributed by atoms with van der Waals surface area (Å²) in [7, 11) is 1.53. The van der Waals surface area contributed by atoms with E-state index in [1.807, 2.05) is 4.90 Å². The van der Waals surface area contributed by atoms with E-state index in [0.29, 0.717) is 77.6 Å². The summed E-state index contributed by atoms with van der Waals surface area (Å²) in [4.78, 5) is 75.7. The molecule has 1 atom stereocenters. The van der Waals surface area contributed by atoms with Gasteiger partial charge in [-0.05, 0) is 48.9 Å². The second-order valence-corrected chi connectivity index (χ2v) is 14.8. The molecule has 7 rings (SSSR count). The predicted octanol–water partition coefficient (Wildman–Crippen LogP) is 6.17. The fourth-order valence-corrected chi connectivity index (χ4v) is 8.07. The first-order valence-corrected chi connectivity index (χ1v) is 18.9. The van der Waals surface area contributed by atoms with Gasteiger partial charge in [-0.2, -0.15) is 0 Å². The van der Waals surface area contributed by atoms with Crippen molar-refractivity contribution in [3.63, 3.8) is 0 Å². The van der Waals surface area contributed by atoms with Crippen molar-refractivity contribution in [1.82, 2.24) is 25.1 Å². The van der Waals surface area contributed by atoms with Crippen molar-refractivity contribution >= 4 is 86.9 Å². The Kier molecular flexibility index (Phi) is 10.9. The molecule has 1 unspecified atom stereocenters. The van der Waals surface area contributed by atoms with E-state index >= 15 is 0 Å². The maximum atomic E-state index is 14.8. The number of hydrogen-bond acceptors (Lipinski definition) is 11. The smallest absolute Gasteiger partial charge is 0.263 e. The second kappa shape index (κ2) is 15.8. The molecule has 17 heteroatoms. The zero-order valence-electron chi connectivity index (χ0n) is 28.8. The highest BCUT2D eigenvalue weighted by Crippen LogP contribution is 2.38. The zero-order chi connectivity index (χ0) is 38.1. The number of thioether (sulfide) groups is 1. The number of likely N-dealkylation sites (tertiary alicyclic amines) is 1. The number of ether oxygens (including phenoxy) is 2. The number of amides is 5. The lowest BCUT2D eigenvalue weighted by Gasteiger charge is -2.32. The van der Waals surface area contributed by atoms with Crippen LogP contribution in [-0.4, -0.2) is 87.4 Å². The van der Waals surface area contributed by atoms with Gasteiger partial charge in [-0.3, -0.25) is 34.2 Å². The predicted molar refractivity (Wildman–Crippen MR) is 199 cm³/mol. The van der Waals surface area contributed by atoms with Crippen molar-refractivity contribution in [1.29, 1.82) is 0 Å². The average molecular weight is 796 g/mol. The number of carbonyl (C=O) groups is 5. The molecular formula is C37H33Cl2FN6O7S. The Morgan fingerprint density at radius 1 is 1.04 bits per heavy atom. The Morgan fingerprint density at radius 3 is 2.59 bits per heavy atom. The highest BCUT2D eigenvalue weighted by atomic mass is 35.5. The summed E-state index contributed by atoms with van der Waals surface area (Å²) in [6.07, 6.45) is 3.29. The molecule has 1 aromatic heterocycles. The molecule has 2 saturated heterocycles. The van der Waals surface area contributed by atoms with E-state index in [1.54, 1.807) is 30.3 Å². The van der Waals surface area contributed by atoms with Crippen LogP contribution >= 0.6 is 35.0 Å². The number of benzene rings is 3. The van der Waals surface area contributed by atoms with Crippen LogP contribution in [0.2, 0.25) is 10.0 Å². The van der Waals surface area contributed by atoms with Crippen molar-refractivity contribution in [2.75, 3.05) is 31.3 Å². The molecule has 13 nitrogen and oxygen atoms in total. The number of carbonyl (C=O) groups excluding carboxylic acids is 5. The van der Waals surface area contributed by atoms with Gasteiger partial charge in [0.05, 0.1) is 39.5 Å². The van der Waals surface area contributed by atoms with E-state index < -0.39 is 35.5 Å². The van der Waals surface area contributed by atoms with Crippen LogP contribution in [0.5, 0.6) is 11.5 Å². The quantitative estimate of drug-likeness (QED) is 0.0774. The van der Waals surface area contributed by atoms with Gasteiger partial charge < -0.3 is 19.7 Å². The summed E-state index contributed by atoms with van der Waals surface area (Å²) in [6.45, 7) is 0.996. The average Bonchev–Trinajstić information content (AvgIpc) is 3.42. The van der Waals surface area contributed by atoms with Crippen LogP contribution in [0.25, 0.3) is 10.9 Å². The normalized spacial score (nSPS) is 17.5. The van der Waals surface area contributed by atoms with Gasteiger partial charge in [0, 0.05) is 55.1 Å². The minimum absolute atomic E-state index is 0.00770. The first kappa shape index (κ1) is 37.3. The highest BCUT2D eigenvalue weighted by Gasteiger charge is 2.45. The molecule has 3 aliphatic heterocycles. The highest BCUT2D eigenvalue weighted by molar-refractivity contribution is 7.99. The molecule has 4 heterocycles. The van der Waals surface area contributed by atoms with Crippen molar-refractivity contribution in [3.05, 3.63) is 75.8 Å². The summed E-state index contributed by atoms with van der Waals surface area (Å²) in [6, 6.07) is 10.4. The maximum Gasteiger partial charge on any atom is 0.263 e. The third-order valence-corrected chi connectivity index (χ3v) is 11.4. The lowest BCUT2D eigenvalue weighted by atomic mass is 10.0. The number of nitrogens with one attached hydrogen (secondary N) is 2. The molecule has 3 aromatic carbocycles. The maximum absolute atomic E-state index is 14.8. The van der Waals surface area contributed by atoms with Crippen molar-refractivity contribution in [2.45, 2.75) is 55.6 Å². The second-order valence-electron chi connectivity index (χ2n) is 12.9. The fraction of sp³-hybridized carbons (Fsp3) is 0.324. The zero-order valence-corrected chi connectivity index (χ0v) is 31.2. The number of methoxy groups -OCH3 is 1. The van der Waals surface area contributed by atoms with Gasteiger partial charge in [-0.25, -0.2) is 14.4 Å². The number of anilines is 2. The molecule has 0 radical (unpaired) electrons. The molecule has 0 aliphatic carbocycles. The number of imide groups is 2. The first-order chi connectivity index (χ1) is 26.0. The first-order valence-electron chi connectivity index (χ1n) is 17.2. The molecule has 3 aliphatic rings. The summed E-state index contributed by atoms with van der Waals surface area (Å²) < 4.78 is 26.8. The minimum atomic E-state index is -1.03. The number of halogens is 3. The number of nitrogens with zero attached hydrogens (tertiary/aromatic N) is 4. The fourth-order valence-electron chi connectivity index (χ4n) is 6.74. The van der Waals surface area contributed by atoms with Crippen LogP contribution in [0.4, 0.5) is 15.9 Å². The third-order valence-electron chi connectivity index (χ3n) is 9.52. The van der Waals surface area contributed by atoms with Gasteiger partial charge in [0.25, 0.3) is 11.8 Å². The molecule has 0 spiro atoms. The number of fused-ring (bicyclic) bond motifs is 2. The molecule has 4 aromatic rings. The topological polar surface area (TPSA) is 160 Å². The molecule has 5 amide bonds. The standard InChI is InChI=1S/C37H33Cl2FN6O7S/c1-52-26-17-24-21(34(42-18-41-24)43-23-8-7-22(38)32(39)33(23)40)16-27(26)53-19-11-13-45(14-12-19)30(48)6-3-15-54-28-5-2-4-20-31(28)37(51)46(36(20)50)25-9-10-29(47)44-35(25)49/h2,4-5,7-8,16-19,25H,3,6,9-15H2,1H3,(H,41,42,43)(H,44,47,49). The Bertz CT molecular complexity index is 2200. The third kappa shape index (κ3) is 7.39. The Labute approximate surface area is 322 Å². The lowest BCUT2D eigenvalue weighted by molar-refractivity contribution is -0.136. The van der Waals surface area contributed by atoms with E-state index in [0.717, 1.165) is 4.90 Å². The Hall–Kier alpha value is -4.99. The number of hydrogen-bond donors (Lipinski definition) is 2. The SMILES string of the molecule is COc1cc2ncnc(Nc3ccc(Cl)c(Cl)c3F)c2cc1OC1CCN(C(=O)CCCSc2cccc3c2C(=O)N(C2CCC(=O)NC2=O)C3=O)CC1. The van der Waals surface area contributed by atoms with Gasteiger partial charge in [-0.15, -0.1) is 11.8 Å². The van der Waals surface area contributed by atoms with Crippen LogP contribution in [0.1, 0.15) is 59.2 Å². The Morgan fingerprint density at radius 2 is 1.83 bits per heavy atom. The van der Waals surface area contributed by atoms with Crippen molar-refractivity contribution in [3.8, 4) is 11.5 Å². The largest absolute Gasteiger partial charge is 0.493 e. The number of aromatic nitrogens is 2. The van der Waals surface area contributed by atoms with Crippen LogP contribution in [0.3, 0.4) is 0 Å². The van der Waals surface area contributed by atoms with Crippen molar-refractivity contribution in [2.24, 2.45) is 0 Å². The summed E-state index contributed by atoms with van der Waals surface area (Å²) in [5, 5.41) is 5.62. The van der Waals surface area contributed by atoms with Crippen LogP contribution in [0.15, 0.2) is 53.7 Å².